The van der Waals surface area contributed by atoms with Crippen LogP contribution in [0.15, 0.2) is 78.6 Å². The van der Waals surface area contributed by atoms with Crippen LogP contribution in [0.3, 0.4) is 0 Å². The first-order valence-corrected chi connectivity index (χ1v) is 12.7. The van der Waals surface area contributed by atoms with E-state index in [0.717, 1.165) is 16.5 Å². The van der Waals surface area contributed by atoms with Crippen molar-refractivity contribution in [2.45, 2.75) is 6.92 Å². The summed E-state index contributed by atoms with van der Waals surface area (Å²) in [7, 11) is -3.88. The van der Waals surface area contributed by atoms with E-state index in [1.807, 2.05) is 49.4 Å². The summed E-state index contributed by atoms with van der Waals surface area (Å²) < 4.78 is 39.5. The van der Waals surface area contributed by atoms with Crippen molar-refractivity contribution in [1.82, 2.24) is 19.9 Å². The Balaban J connectivity index is 1.56. The van der Waals surface area contributed by atoms with Gasteiger partial charge in [-0.2, -0.15) is 4.98 Å². The summed E-state index contributed by atoms with van der Waals surface area (Å²) in [6.45, 7) is 2.15. The zero-order valence-corrected chi connectivity index (χ0v) is 20.8. The van der Waals surface area contributed by atoms with E-state index in [9.17, 15) is 8.42 Å². The molecule has 0 radical (unpaired) electrons. The maximum atomic E-state index is 12.8. The van der Waals surface area contributed by atoms with Crippen molar-refractivity contribution in [3.8, 4) is 23.0 Å². The van der Waals surface area contributed by atoms with Crippen LogP contribution in [0.2, 0.25) is 5.15 Å². The van der Waals surface area contributed by atoms with E-state index in [-0.39, 0.29) is 36.1 Å². The van der Waals surface area contributed by atoms with Gasteiger partial charge in [0.15, 0.2) is 5.82 Å². The molecule has 4 rings (SSSR count). The summed E-state index contributed by atoms with van der Waals surface area (Å²) in [5.74, 6) is 0.273. The highest BCUT2D eigenvalue weighted by Gasteiger charge is 2.19. The smallest absolute Gasteiger partial charge is 0.317 e. The number of rotatable bonds is 10. The Labute approximate surface area is 213 Å². The molecule has 184 valence electrons. The number of aromatic nitrogens is 4. The summed E-state index contributed by atoms with van der Waals surface area (Å²) in [6, 6.07) is 18.3. The van der Waals surface area contributed by atoms with E-state index in [2.05, 4.69) is 24.7 Å². The van der Waals surface area contributed by atoms with Crippen LogP contribution in [0.1, 0.15) is 11.1 Å². The van der Waals surface area contributed by atoms with Crippen LogP contribution in [-0.2, 0) is 10.0 Å². The lowest BCUT2D eigenvalue weighted by atomic mass is 10.1. The predicted molar refractivity (Wildman–Crippen MR) is 138 cm³/mol. The molecule has 36 heavy (non-hydrogen) atoms. The number of ether oxygens (including phenoxy) is 2. The number of benzene rings is 2. The summed E-state index contributed by atoms with van der Waals surface area (Å²) in [5, 5.41) is 1.35. The quantitative estimate of drug-likeness (QED) is 0.233. The highest BCUT2D eigenvalue weighted by Crippen LogP contribution is 2.34. The minimum absolute atomic E-state index is 0.0839. The molecule has 0 atom stereocenters. The molecular formula is C25H22ClN5O4S. The van der Waals surface area contributed by atoms with Crippen molar-refractivity contribution >= 4 is 33.5 Å². The van der Waals surface area contributed by atoms with E-state index in [1.54, 1.807) is 12.1 Å². The zero-order valence-electron chi connectivity index (χ0n) is 19.2. The van der Waals surface area contributed by atoms with E-state index >= 15 is 0 Å². The number of nitrogens with one attached hydrogen (secondary N) is 1. The van der Waals surface area contributed by atoms with Gasteiger partial charge in [-0.05, 0) is 30.2 Å². The van der Waals surface area contributed by atoms with Gasteiger partial charge in [0.05, 0.1) is 11.0 Å². The number of anilines is 1. The number of halogens is 1. The monoisotopic (exact) mass is 523 g/mol. The molecule has 0 bridgehead atoms. The van der Waals surface area contributed by atoms with Gasteiger partial charge < -0.3 is 9.47 Å². The van der Waals surface area contributed by atoms with Crippen LogP contribution in [0.4, 0.5) is 5.82 Å². The third kappa shape index (κ3) is 7.00. The molecule has 0 saturated heterocycles. The van der Waals surface area contributed by atoms with Gasteiger partial charge in [-0.25, -0.2) is 23.4 Å². The lowest BCUT2D eigenvalue weighted by Crippen LogP contribution is -2.14. The predicted octanol–water partition coefficient (Wildman–Crippen LogP) is 4.77. The first kappa shape index (κ1) is 25.1. The molecular weight excluding hydrogens is 502 g/mol. The largest absolute Gasteiger partial charge is 0.473 e. The second-order valence-electron chi connectivity index (χ2n) is 7.49. The number of sulfonamides is 1. The third-order valence-electron chi connectivity index (χ3n) is 4.78. The number of aryl methyl sites for hydroxylation is 1. The second-order valence-corrected chi connectivity index (χ2v) is 9.44. The molecule has 0 spiro atoms. The molecule has 0 aliphatic carbocycles. The molecule has 0 unspecified atom stereocenters. The summed E-state index contributed by atoms with van der Waals surface area (Å²) in [5.41, 5.74) is 2.87. The summed E-state index contributed by atoms with van der Waals surface area (Å²) in [6.07, 6.45) is 4.21. The van der Waals surface area contributed by atoms with Crippen LogP contribution < -0.4 is 14.2 Å². The molecule has 9 nitrogen and oxygen atoms in total. The molecule has 2 heterocycles. The lowest BCUT2D eigenvalue weighted by molar-refractivity contribution is 0.202. The van der Waals surface area contributed by atoms with Crippen molar-refractivity contribution < 1.29 is 17.9 Å². The van der Waals surface area contributed by atoms with Gasteiger partial charge in [0.2, 0.25) is 5.88 Å². The van der Waals surface area contributed by atoms with Crippen molar-refractivity contribution in [2.75, 3.05) is 17.9 Å². The molecule has 0 aliphatic rings. The molecule has 0 aliphatic heterocycles. The Morgan fingerprint density at radius 2 is 1.69 bits per heavy atom. The summed E-state index contributed by atoms with van der Waals surface area (Å²) in [4.78, 5) is 16.3. The van der Waals surface area contributed by atoms with Gasteiger partial charge >= 0.3 is 6.01 Å². The topological polar surface area (TPSA) is 116 Å². The highest BCUT2D eigenvalue weighted by molar-refractivity contribution is 7.95. The zero-order chi connectivity index (χ0) is 25.4. The first-order valence-electron chi connectivity index (χ1n) is 10.8. The Kier molecular flexibility index (Phi) is 8.09. The fourth-order valence-corrected chi connectivity index (χ4v) is 4.06. The third-order valence-corrected chi connectivity index (χ3v) is 5.97. The van der Waals surface area contributed by atoms with Crippen LogP contribution >= 0.6 is 11.6 Å². The maximum Gasteiger partial charge on any atom is 0.317 e. The highest BCUT2D eigenvalue weighted by atomic mass is 35.5. The van der Waals surface area contributed by atoms with Gasteiger partial charge in [0, 0.05) is 6.20 Å². The van der Waals surface area contributed by atoms with E-state index in [1.165, 1.54) is 24.7 Å². The second kappa shape index (κ2) is 11.6. The lowest BCUT2D eigenvalue weighted by Gasteiger charge is -2.15. The SMILES string of the molecule is Cc1ccc(-c2c(NS(=O)(=O)/C=C/c3ccccc3)ncnc2OCCOc2nccc(Cl)n2)cc1. The van der Waals surface area contributed by atoms with Gasteiger partial charge in [-0.1, -0.05) is 71.8 Å². The van der Waals surface area contributed by atoms with Crippen LogP contribution in [0, 0.1) is 6.92 Å². The Bertz CT molecular complexity index is 1450. The molecule has 0 fully saturated rings. The molecule has 1 N–H and O–H groups in total. The molecule has 0 amide bonds. The van der Waals surface area contributed by atoms with E-state index in [4.69, 9.17) is 21.1 Å². The fraction of sp³-hybridized carbons (Fsp3) is 0.120. The fourth-order valence-electron chi connectivity index (χ4n) is 3.10. The number of nitrogens with zero attached hydrogens (tertiary/aromatic N) is 4. The maximum absolute atomic E-state index is 12.8. The van der Waals surface area contributed by atoms with Crippen LogP contribution in [-0.4, -0.2) is 41.6 Å². The van der Waals surface area contributed by atoms with Crippen molar-refractivity contribution in [1.29, 1.82) is 0 Å². The van der Waals surface area contributed by atoms with Crippen LogP contribution in [0.5, 0.6) is 11.9 Å². The van der Waals surface area contributed by atoms with Gasteiger partial charge in [0.1, 0.15) is 24.7 Å². The minimum Gasteiger partial charge on any atom is -0.473 e. The Hall–Kier alpha value is -4.02. The molecule has 4 aromatic rings. The number of hydrogen-bond acceptors (Lipinski definition) is 8. The van der Waals surface area contributed by atoms with Crippen molar-refractivity contribution in [3.05, 3.63) is 94.9 Å². The normalized spacial score (nSPS) is 11.4. The average molecular weight is 524 g/mol. The van der Waals surface area contributed by atoms with Gasteiger partial charge in [-0.15, -0.1) is 0 Å². The standard InChI is InChI=1S/C25H22ClN5O4S/c1-18-7-9-20(10-8-18)22-23(31-36(32,33)16-12-19-5-3-2-4-6-19)28-17-29-24(22)34-14-15-35-25-27-13-11-21(26)30-25/h2-13,16-17H,14-15H2,1H3,(H,28,29,31)/b16-12+. The minimum atomic E-state index is -3.88. The van der Waals surface area contributed by atoms with E-state index < -0.39 is 10.0 Å². The van der Waals surface area contributed by atoms with Gasteiger partial charge in [-0.3, -0.25) is 4.72 Å². The van der Waals surface area contributed by atoms with Gasteiger partial charge in [0.25, 0.3) is 10.0 Å². The Morgan fingerprint density at radius 3 is 2.44 bits per heavy atom. The van der Waals surface area contributed by atoms with Crippen molar-refractivity contribution in [3.63, 3.8) is 0 Å². The molecule has 2 aromatic heterocycles. The first-order chi connectivity index (χ1) is 17.4. The summed E-state index contributed by atoms with van der Waals surface area (Å²) >= 11 is 5.84. The molecule has 2 aromatic carbocycles. The molecule has 11 heteroatoms. The Morgan fingerprint density at radius 1 is 0.944 bits per heavy atom. The number of hydrogen-bond donors (Lipinski definition) is 1. The van der Waals surface area contributed by atoms with Crippen molar-refractivity contribution in [2.24, 2.45) is 0 Å². The van der Waals surface area contributed by atoms with E-state index in [0.29, 0.717) is 11.1 Å². The molecule has 0 saturated carbocycles. The average Bonchev–Trinajstić information content (AvgIpc) is 2.87. The van der Waals surface area contributed by atoms with Crippen LogP contribution in [0.25, 0.3) is 17.2 Å².